The van der Waals surface area contributed by atoms with Gasteiger partial charge in [-0.2, -0.15) is 0 Å². The zero-order chi connectivity index (χ0) is 19.6. The number of carbonyl (C=O) groups is 2. The molecule has 1 saturated carbocycles. The minimum absolute atomic E-state index is 0.0632. The molecular formula is C20H20N2O5. The van der Waals surface area contributed by atoms with E-state index in [0.717, 1.165) is 30.3 Å². The quantitative estimate of drug-likeness (QED) is 0.244. The molecule has 1 aromatic carbocycles. The van der Waals surface area contributed by atoms with Crippen LogP contribution in [-0.4, -0.2) is 27.8 Å². The first-order valence-electron chi connectivity index (χ1n) is 8.67. The van der Waals surface area contributed by atoms with Crippen LogP contribution in [0.3, 0.4) is 0 Å². The lowest BCUT2D eigenvalue weighted by Crippen LogP contribution is -2.13. The van der Waals surface area contributed by atoms with Crippen LogP contribution in [-0.2, 0) is 9.53 Å². The Kier molecular flexibility index (Phi) is 5.21. The van der Waals surface area contributed by atoms with Crippen molar-refractivity contribution >= 4 is 23.5 Å². The standard InChI is InChI=1S/C20H20N2O5/c1-13-10-18(14(2)21(13)16-7-8-16)19(23)12-27-20(24)9-6-15-4-3-5-17(11-15)22(25)26/h3-6,9-11,16H,7-8,12H2,1-2H3. The summed E-state index contributed by atoms with van der Waals surface area (Å²) >= 11 is 0. The SMILES string of the molecule is Cc1cc(C(=O)COC(=O)C=Cc2cccc([N+](=O)[O-])c2)c(C)n1C1CC1. The molecule has 0 unspecified atom stereocenters. The first kappa shape index (κ1) is 18.6. The van der Waals surface area contributed by atoms with Crippen LogP contribution >= 0.6 is 0 Å². The molecule has 0 aliphatic heterocycles. The molecule has 1 fully saturated rings. The number of ketones is 1. The highest BCUT2D eigenvalue weighted by atomic mass is 16.6. The molecule has 2 aromatic rings. The van der Waals surface area contributed by atoms with Gasteiger partial charge in [0.1, 0.15) is 0 Å². The largest absolute Gasteiger partial charge is 0.454 e. The van der Waals surface area contributed by atoms with Crippen molar-refractivity contribution < 1.29 is 19.2 Å². The second-order valence-electron chi connectivity index (χ2n) is 6.60. The van der Waals surface area contributed by atoms with Crippen LogP contribution in [0.5, 0.6) is 0 Å². The van der Waals surface area contributed by atoms with Crippen molar-refractivity contribution in [1.82, 2.24) is 4.57 Å². The van der Waals surface area contributed by atoms with E-state index in [9.17, 15) is 19.7 Å². The first-order chi connectivity index (χ1) is 12.9. The lowest BCUT2D eigenvalue weighted by Gasteiger charge is -2.07. The number of rotatable bonds is 7. The molecule has 1 heterocycles. The van der Waals surface area contributed by atoms with Crippen molar-refractivity contribution in [3.8, 4) is 0 Å². The predicted octanol–water partition coefficient (Wildman–Crippen LogP) is 3.79. The molecule has 3 rings (SSSR count). The van der Waals surface area contributed by atoms with Crippen LogP contribution in [0.1, 0.15) is 46.2 Å². The van der Waals surface area contributed by atoms with Gasteiger partial charge in [-0.3, -0.25) is 14.9 Å². The van der Waals surface area contributed by atoms with Gasteiger partial charge in [0.2, 0.25) is 5.78 Å². The number of non-ortho nitro benzene ring substituents is 1. The molecule has 0 saturated heterocycles. The lowest BCUT2D eigenvalue weighted by atomic mass is 10.1. The number of aromatic nitrogens is 1. The molecular weight excluding hydrogens is 348 g/mol. The third-order valence-electron chi connectivity index (χ3n) is 4.54. The number of carbonyl (C=O) groups excluding carboxylic acids is 2. The fourth-order valence-corrected chi connectivity index (χ4v) is 3.12. The maximum Gasteiger partial charge on any atom is 0.331 e. The highest BCUT2D eigenvalue weighted by Crippen LogP contribution is 2.38. The van der Waals surface area contributed by atoms with Crippen molar-refractivity contribution in [2.24, 2.45) is 0 Å². The van der Waals surface area contributed by atoms with Crippen molar-refractivity contribution in [2.75, 3.05) is 6.61 Å². The number of Topliss-reactive ketones (excluding diaryl/α,β-unsaturated/α-hetero) is 1. The molecule has 0 spiro atoms. The Morgan fingerprint density at radius 3 is 2.70 bits per heavy atom. The Bertz CT molecular complexity index is 938. The van der Waals surface area contributed by atoms with Gasteiger partial charge in [-0.05, 0) is 44.4 Å². The van der Waals surface area contributed by atoms with E-state index in [0.29, 0.717) is 17.2 Å². The number of nitro groups is 1. The van der Waals surface area contributed by atoms with E-state index in [-0.39, 0.29) is 18.1 Å². The zero-order valence-electron chi connectivity index (χ0n) is 15.2. The van der Waals surface area contributed by atoms with Crippen molar-refractivity contribution in [3.63, 3.8) is 0 Å². The molecule has 140 valence electrons. The second kappa shape index (κ2) is 7.57. The van der Waals surface area contributed by atoms with Gasteiger partial charge in [-0.25, -0.2) is 4.79 Å². The Labute approximate surface area is 156 Å². The molecule has 1 aliphatic carbocycles. The highest BCUT2D eigenvalue weighted by Gasteiger charge is 2.28. The molecule has 7 heteroatoms. The Morgan fingerprint density at radius 2 is 2.04 bits per heavy atom. The monoisotopic (exact) mass is 368 g/mol. The number of ether oxygens (including phenoxy) is 1. The maximum atomic E-state index is 12.4. The van der Waals surface area contributed by atoms with E-state index in [1.54, 1.807) is 6.07 Å². The number of hydrogen-bond donors (Lipinski definition) is 0. The smallest absolute Gasteiger partial charge is 0.331 e. The van der Waals surface area contributed by atoms with Gasteiger partial charge in [0.25, 0.3) is 5.69 Å². The van der Waals surface area contributed by atoms with Crippen LogP contribution in [0.4, 0.5) is 5.69 Å². The topological polar surface area (TPSA) is 91.4 Å². The molecule has 7 nitrogen and oxygen atoms in total. The van der Waals surface area contributed by atoms with E-state index in [2.05, 4.69) is 4.57 Å². The van der Waals surface area contributed by atoms with E-state index in [1.807, 2.05) is 19.9 Å². The average molecular weight is 368 g/mol. The van der Waals surface area contributed by atoms with Gasteiger partial charge < -0.3 is 9.30 Å². The minimum atomic E-state index is -0.675. The third-order valence-corrected chi connectivity index (χ3v) is 4.54. The summed E-state index contributed by atoms with van der Waals surface area (Å²) in [5.41, 5.74) is 2.96. The Hall–Kier alpha value is -3.22. The van der Waals surface area contributed by atoms with Gasteiger partial charge in [-0.1, -0.05) is 12.1 Å². The third kappa shape index (κ3) is 4.31. The molecule has 0 atom stereocenters. The summed E-state index contributed by atoms with van der Waals surface area (Å²) in [5, 5.41) is 10.8. The minimum Gasteiger partial charge on any atom is -0.454 e. The van der Waals surface area contributed by atoms with Crippen LogP contribution in [0.15, 0.2) is 36.4 Å². The summed E-state index contributed by atoms with van der Waals surface area (Å²) in [6.45, 7) is 3.53. The van der Waals surface area contributed by atoms with Gasteiger partial charge in [-0.15, -0.1) is 0 Å². The summed E-state index contributed by atoms with van der Waals surface area (Å²) in [6.07, 6.45) is 4.82. The molecule has 27 heavy (non-hydrogen) atoms. The predicted molar refractivity (Wildman–Crippen MR) is 99.6 cm³/mol. The number of nitro benzene ring substituents is 1. The summed E-state index contributed by atoms with van der Waals surface area (Å²) in [7, 11) is 0. The highest BCUT2D eigenvalue weighted by molar-refractivity contribution is 6.00. The maximum absolute atomic E-state index is 12.4. The Morgan fingerprint density at radius 1 is 1.30 bits per heavy atom. The Balaban J connectivity index is 1.59. The van der Waals surface area contributed by atoms with Crippen LogP contribution in [0.2, 0.25) is 0 Å². The lowest BCUT2D eigenvalue weighted by molar-refractivity contribution is -0.384. The van der Waals surface area contributed by atoms with Gasteiger partial charge in [0, 0.05) is 41.2 Å². The summed E-state index contributed by atoms with van der Waals surface area (Å²) in [5.74, 6) is -0.919. The molecule has 1 aliphatic rings. The van der Waals surface area contributed by atoms with E-state index in [4.69, 9.17) is 4.74 Å². The fraction of sp³-hybridized carbons (Fsp3) is 0.300. The van der Waals surface area contributed by atoms with Crippen LogP contribution < -0.4 is 0 Å². The van der Waals surface area contributed by atoms with E-state index in [1.165, 1.54) is 24.3 Å². The molecule has 0 bridgehead atoms. The van der Waals surface area contributed by atoms with Crippen molar-refractivity contribution in [2.45, 2.75) is 32.7 Å². The average Bonchev–Trinajstić information content (AvgIpc) is 3.43. The summed E-state index contributed by atoms with van der Waals surface area (Å²) in [4.78, 5) is 34.5. The van der Waals surface area contributed by atoms with Gasteiger partial charge >= 0.3 is 5.97 Å². The van der Waals surface area contributed by atoms with Crippen molar-refractivity contribution in [3.05, 3.63) is 69.0 Å². The van der Waals surface area contributed by atoms with Crippen LogP contribution in [0.25, 0.3) is 6.08 Å². The van der Waals surface area contributed by atoms with E-state index >= 15 is 0 Å². The number of hydrogen-bond acceptors (Lipinski definition) is 5. The van der Waals surface area contributed by atoms with Gasteiger partial charge in [0.15, 0.2) is 6.61 Å². The summed E-state index contributed by atoms with van der Waals surface area (Å²) < 4.78 is 7.18. The first-order valence-corrected chi connectivity index (χ1v) is 8.67. The summed E-state index contributed by atoms with van der Waals surface area (Å²) in [6, 6.07) is 8.19. The second-order valence-corrected chi connectivity index (χ2v) is 6.60. The number of esters is 1. The molecule has 0 radical (unpaired) electrons. The van der Waals surface area contributed by atoms with E-state index < -0.39 is 10.9 Å². The molecule has 0 N–H and O–H groups in total. The van der Waals surface area contributed by atoms with Crippen molar-refractivity contribution in [1.29, 1.82) is 0 Å². The normalized spacial score (nSPS) is 13.7. The zero-order valence-corrected chi connectivity index (χ0v) is 15.2. The number of aryl methyl sites for hydroxylation is 1. The number of nitrogens with zero attached hydrogens (tertiary/aromatic N) is 2. The van der Waals surface area contributed by atoms with Crippen LogP contribution in [0, 0.1) is 24.0 Å². The molecule has 0 amide bonds. The molecule has 1 aromatic heterocycles. The number of benzene rings is 1. The fourth-order valence-electron chi connectivity index (χ4n) is 3.12. The van der Waals surface area contributed by atoms with Gasteiger partial charge in [0.05, 0.1) is 4.92 Å².